The molecule has 1 heterocycles. The molecule has 0 unspecified atom stereocenters. The van der Waals surface area contributed by atoms with E-state index in [4.69, 9.17) is 10.2 Å². The second kappa shape index (κ2) is 4.07. The van der Waals surface area contributed by atoms with Gasteiger partial charge in [0.05, 0.1) is 6.26 Å². The first-order valence-corrected chi connectivity index (χ1v) is 5.64. The van der Waals surface area contributed by atoms with Gasteiger partial charge in [-0.2, -0.15) is 0 Å². The third-order valence-corrected chi connectivity index (χ3v) is 2.98. The molecular formula is C15H13NO. The fraction of sp³-hybridized carbons (Fsp3) is 0.0667. The summed E-state index contributed by atoms with van der Waals surface area (Å²) in [5.41, 5.74) is 10.0. The molecule has 0 aliphatic heterocycles. The monoisotopic (exact) mass is 223 g/mol. The molecule has 2 heteroatoms. The average Bonchev–Trinajstić information content (AvgIpc) is 2.81. The average molecular weight is 223 g/mol. The quantitative estimate of drug-likeness (QED) is 0.721. The highest BCUT2D eigenvalue weighted by molar-refractivity contribution is 5.86. The molecule has 2 aromatic carbocycles. The maximum Gasteiger partial charge on any atom is 0.134 e. The van der Waals surface area contributed by atoms with Crippen LogP contribution in [0.25, 0.3) is 22.1 Å². The Hall–Kier alpha value is -2.06. The van der Waals surface area contributed by atoms with Crippen LogP contribution in [0.1, 0.15) is 5.56 Å². The van der Waals surface area contributed by atoms with Gasteiger partial charge in [0.25, 0.3) is 0 Å². The summed E-state index contributed by atoms with van der Waals surface area (Å²) in [4.78, 5) is 0. The number of hydrogen-bond donors (Lipinski definition) is 1. The summed E-state index contributed by atoms with van der Waals surface area (Å²) < 4.78 is 5.45. The fourth-order valence-electron chi connectivity index (χ4n) is 2.05. The maximum absolute atomic E-state index is 5.69. The van der Waals surface area contributed by atoms with Crippen LogP contribution in [-0.2, 0) is 6.54 Å². The Morgan fingerprint density at radius 2 is 1.76 bits per heavy atom. The molecule has 0 aliphatic rings. The van der Waals surface area contributed by atoms with Crippen molar-refractivity contribution >= 4 is 11.0 Å². The van der Waals surface area contributed by atoms with Gasteiger partial charge in [0, 0.05) is 17.5 Å². The van der Waals surface area contributed by atoms with Crippen LogP contribution in [0.4, 0.5) is 0 Å². The predicted octanol–water partition coefficient (Wildman–Crippen LogP) is 3.56. The summed E-state index contributed by atoms with van der Waals surface area (Å²) in [7, 11) is 0. The van der Waals surface area contributed by atoms with Gasteiger partial charge >= 0.3 is 0 Å². The molecule has 0 atom stereocenters. The SMILES string of the molecule is NCc1coc2ccc(-c3ccccc3)cc12. The molecule has 0 saturated carbocycles. The van der Waals surface area contributed by atoms with Gasteiger partial charge in [-0.1, -0.05) is 36.4 Å². The lowest BCUT2D eigenvalue weighted by Crippen LogP contribution is -1.94. The summed E-state index contributed by atoms with van der Waals surface area (Å²) in [6.07, 6.45) is 1.74. The molecule has 17 heavy (non-hydrogen) atoms. The Morgan fingerprint density at radius 3 is 2.53 bits per heavy atom. The van der Waals surface area contributed by atoms with E-state index in [2.05, 4.69) is 24.3 Å². The first-order valence-electron chi connectivity index (χ1n) is 5.64. The van der Waals surface area contributed by atoms with E-state index in [0.29, 0.717) is 6.54 Å². The van der Waals surface area contributed by atoms with Crippen LogP contribution in [0.5, 0.6) is 0 Å². The van der Waals surface area contributed by atoms with Gasteiger partial charge in [0.15, 0.2) is 0 Å². The Morgan fingerprint density at radius 1 is 0.941 bits per heavy atom. The zero-order chi connectivity index (χ0) is 11.7. The zero-order valence-electron chi connectivity index (χ0n) is 9.39. The summed E-state index contributed by atoms with van der Waals surface area (Å²) in [6, 6.07) is 16.5. The molecule has 2 N–H and O–H groups in total. The van der Waals surface area contributed by atoms with Crippen LogP contribution < -0.4 is 5.73 Å². The number of hydrogen-bond acceptors (Lipinski definition) is 2. The van der Waals surface area contributed by atoms with Crippen molar-refractivity contribution in [3.63, 3.8) is 0 Å². The highest BCUT2D eigenvalue weighted by Gasteiger charge is 2.06. The maximum atomic E-state index is 5.69. The van der Waals surface area contributed by atoms with Crippen molar-refractivity contribution in [2.45, 2.75) is 6.54 Å². The summed E-state index contributed by atoms with van der Waals surface area (Å²) in [5, 5.41) is 1.11. The van der Waals surface area contributed by atoms with Gasteiger partial charge in [-0.15, -0.1) is 0 Å². The Labute approximate surface area is 99.7 Å². The lowest BCUT2D eigenvalue weighted by Gasteiger charge is -2.01. The molecule has 0 amide bonds. The lowest BCUT2D eigenvalue weighted by molar-refractivity contribution is 0.610. The van der Waals surface area contributed by atoms with Crippen molar-refractivity contribution in [2.24, 2.45) is 5.73 Å². The van der Waals surface area contributed by atoms with E-state index in [0.717, 1.165) is 16.5 Å². The molecule has 0 fully saturated rings. The molecule has 84 valence electrons. The van der Waals surface area contributed by atoms with E-state index < -0.39 is 0 Å². The molecule has 1 aromatic heterocycles. The van der Waals surface area contributed by atoms with E-state index in [1.807, 2.05) is 24.3 Å². The largest absolute Gasteiger partial charge is 0.464 e. The standard InChI is InChI=1S/C15H13NO/c16-9-13-10-17-15-7-6-12(8-14(13)15)11-4-2-1-3-5-11/h1-8,10H,9,16H2. The van der Waals surface area contributed by atoms with Crippen molar-refractivity contribution in [2.75, 3.05) is 0 Å². The van der Waals surface area contributed by atoms with Crippen LogP contribution in [0.15, 0.2) is 59.2 Å². The summed E-state index contributed by atoms with van der Waals surface area (Å²) >= 11 is 0. The second-order valence-electron chi connectivity index (χ2n) is 4.04. The molecule has 0 spiro atoms. The first-order chi connectivity index (χ1) is 8.38. The molecule has 3 aromatic rings. The van der Waals surface area contributed by atoms with Gasteiger partial charge in [0.2, 0.25) is 0 Å². The topological polar surface area (TPSA) is 39.2 Å². The van der Waals surface area contributed by atoms with Crippen molar-refractivity contribution in [1.29, 1.82) is 0 Å². The van der Waals surface area contributed by atoms with Gasteiger partial charge < -0.3 is 10.2 Å². The summed E-state index contributed by atoms with van der Waals surface area (Å²) in [6.45, 7) is 0.505. The van der Waals surface area contributed by atoms with E-state index >= 15 is 0 Å². The van der Waals surface area contributed by atoms with Crippen molar-refractivity contribution < 1.29 is 4.42 Å². The van der Waals surface area contributed by atoms with Gasteiger partial charge in [0.1, 0.15) is 5.58 Å². The number of nitrogens with two attached hydrogens (primary N) is 1. The molecule has 3 rings (SSSR count). The van der Waals surface area contributed by atoms with Crippen LogP contribution in [-0.4, -0.2) is 0 Å². The van der Waals surface area contributed by atoms with E-state index in [9.17, 15) is 0 Å². The number of furan rings is 1. The lowest BCUT2D eigenvalue weighted by atomic mass is 10.0. The molecule has 0 radical (unpaired) electrons. The van der Waals surface area contributed by atoms with Gasteiger partial charge in [-0.3, -0.25) is 0 Å². The smallest absolute Gasteiger partial charge is 0.134 e. The Bertz CT molecular complexity index is 640. The van der Waals surface area contributed by atoms with Gasteiger partial charge in [-0.25, -0.2) is 0 Å². The highest BCUT2D eigenvalue weighted by Crippen LogP contribution is 2.27. The third kappa shape index (κ3) is 1.73. The fourth-order valence-corrected chi connectivity index (χ4v) is 2.05. The molecule has 2 nitrogen and oxygen atoms in total. The first kappa shape index (κ1) is 10.1. The highest BCUT2D eigenvalue weighted by atomic mass is 16.3. The third-order valence-electron chi connectivity index (χ3n) is 2.98. The van der Waals surface area contributed by atoms with Crippen LogP contribution >= 0.6 is 0 Å². The second-order valence-corrected chi connectivity index (χ2v) is 4.04. The van der Waals surface area contributed by atoms with Crippen LogP contribution in [0.2, 0.25) is 0 Å². The van der Waals surface area contributed by atoms with Crippen molar-refractivity contribution in [1.82, 2.24) is 0 Å². The minimum Gasteiger partial charge on any atom is -0.464 e. The predicted molar refractivity (Wildman–Crippen MR) is 69.5 cm³/mol. The van der Waals surface area contributed by atoms with E-state index in [1.165, 1.54) is 11.1 Å². The normalized spacial score (nSPS) is 10.9. The Kier molecular flexibility index (Phi) is 2.42. The Balaban J connectivity index is 2.19. The number of fused-ring (bicyclic) bond motifs is 1. The molecular weight excluding hydrogens is 210 g/mol. The number of benzene rings is 2. The molecule has 0 bridgehead atoms. The molecule has 0 saturated heterocycles. The van der Waals surface area contributed by atoms with Gasteiger partial charge in [-0.05, 0) is 23.3 Å². The molecule has 0 aliphatic carbocycles. The number of rotatable bonds is 2. The van der Waals surface area contributed by atoms with E-state index in [-0.39, 0.29) is 0 Å². The van der Waals surface area contributed by atoms with E-state index in [1.54, 1.807) is 6.26 Å². The zero-order valence-corrected chi connectivity index (χ0v) is 9.39. The summed E-state index contributed by atoms with van der Waals surface area (Å²) in [5.74, 6) is 0. The minimum atomic E-state index is 0.505. The van der Waals surface area contributed by atoms with Crippen molar-refractivity contribution in [3.05, 3.63) is 60.4 Å². The van der Waals surface area contributed by atoms with Crippen LogP contribution in [0, 0.1) is 0 Å². The van der Waals surface area contributed by atoms with Crippen molar-refractivity contribution in [3.8, 4) is 11.1 Å². The minimum absolute atomic E-state index is 0.505. The van der Waals surface area contributed by atoms with Crippen LogP contribution in [0.3, 0.4) is 0 Å².